The number of amides is 2. The van der Waals surface area contributed by atoms with Gasteiger partial charge >= 0.3 is 6.03 Å². The molecule has 3 heteroatoms. The zero-order chi connectivity index (χ0) is 12.4. The summed E-state index contributed by atoms with van der Waals surface area (Å²) in [6.45, 7) is 9.35. The van der Waals surface area contributed by atoms with Gasteiger partial charge < -0.3 is 10.6 Å². The number of nitrogens with one attached hydrogen (secondary N) is 2. The van der Waals surface area contributed by atoms with Gasteiger partial charge in [0.25, 0.3) is 0 Å². The first-order valence-corrected chi connectivity index (χ1v) is 6.60. The van der Waals surface area contributed by atoms with Crippen molar-refractivity contribution >= 4 is 6.03 Å². The molecule has 96 valence electrons. The first-order chi connectivity index (χ1) is 7.56. The summed E-state index contributed by atoms with van der Waals surface area (Å²) < 4.78 is 0. The molecule has 0 heterocycles. The zero-order valence-electron chi connectivity index (χ0n) is 11.3. The van der Waals surface area contributed by atoms with Crippen LogP contribution in [0.15, 0.2) is 0 Å². The fraction of sp³-hybridized carbons (Fsp3) is 0.923. The summed E-state index contributed by atoms with van der Waals surface area (Å²) in [7, 11) is 0. The smallest absolute Gasteiger partial charge is 0.314 e. The number of urea groups is 1. The van der Waals surface area contributed by atoms with E-state index in [1.807, 2.05) is 0 Å². The quantitative estimate of drug-likeness (QED) is 0.615. The standard InChI is InChI=1S/C13H28N2O/c1-5-6-7-8-12(4)15-13(16)14-10-9-11(2)3/h11-12H,5-10H2,1-4H3,(H2,14,15,16). The van der Waals surface area contributed by atoms with Crippen LogP contribution in [0.5, 0.6) is 0 Å². The molecule has 2 amide bonds. The van der Waals surface area contributed by atoms with Gasteiger partial charge in [0, 0.05) is 12.6 Å². The number of carbonyl (C=O) groups excluding carboxylic acids is 1. The molecule has 0 saturated heterocycles. The molecule has 0 aromatic rings. The first-order valence-electron chi connectivity index (χ1n) is 6.60. The highest BCUT2D eigenvalue weighted by Crippen LogP contribution is 2.02. The van der Waals surface area contributed by atoms with Crippen LogP contribution >= 0.6 is 0 Å². The Hall–Kier alpha value is -0.730. The molecule has 0 aromatic heterocycles. The van der Waals surface area contributed by atoms with Crippen molar-refractivity contribution < 1.29 is 4.79 Å². The molecule has 1 atom stereocenters. The SMILES string of the molecule is CCCCCC(C)NC(=O)NCCC(C)C. The lowest BCUT2D eigenvalue weighted by Gasteiger charge is -2.14. The molecule has 0 saturated carbocycles. The Morgan fingerprint density at radius 1 is 1.12 bits per heavy atom. The van der Waals surface area contributed by atoms with Gasteiger partial charge in [0.15, 0.2) is 0 Å². The summed E-state index contributed by atoms with van der Waals surface area (Å²) in [6.07, 6.45) is 5.79. The van der Waals surface area contributed by atoms with Gasteiger partial charge in [0.1, 0.15) is 0 Å². The van der Waals surface area contributed by atoms with Crippen molar-refractivity contribution in [3.05, 3.63) is 0 Å². The topological polar surface area (TPSA) is 41.1 Å². The molecule has 0 aliphatic rings. The number of hydrogen-bond acceptors (Lipinski definition) is 1. The third-order valence-electron chi connectivity index (χ3n) is 2.63. The van der Waals surface area contributed by atoms with E-state index in [1.165, 1.54) is 19.3 Å². The van der Waals surface area contributed by atoms with E-state index in [0.717, 1.165) is 19.4 Å². The monoisotopic (exact) mass is 228 g/mol. The number of carbonyl (C=O) groups is 1. The van der Waals surface area contributed by atoms with Gasteiger partial charge in [0.2, 0.25) is 0 Å². The minimum atomic E-state index is -0.0235. The van der Waals surface area contributed by atoms with E-state index in [2.05, 4.69) is 38.3 Å². The minimum absolute atomic E-state index is 0.0235. The molecule has 3 nitrogen and oxygen atoms in total. The molecule has 0 rings (SSSR count). The van der Waals surface area contributed by atoms with E-state index in [1.54, 1.807) is 0 Å². The third-order valence-corrected chi connectivity index (χ3v) is 2.63. The van der Waals surface area contributed by atoms with E-state index >= 15 is 0 Å². The molecule has 0 aliphatic heterocycles. The van der Waals surface area contributed by atoms with Crippen molar-refractivity contribution in [2.45, 2.75) is 65.8 Å². The number of hydrogen-bond donors (Lipinski definition) is 2. The summed E-state index contributed by atoms with van der Waals surface area (Å²) in [5.74, 6) is 0.641. The second-order valence-corrected chi connectivity index (χ2v) is 4.98. The predicted octanol–water partition coefficient (Wildman–Crippen LogP) is 3.30. The normalized spacial score (nSPS) is 12.6. The van der Waals surface area contributed by atoms with E-state index < -0.39 is 0 Å². The highest BCUT2D eigenvalue weighted by molar-refractivity contribution is 5.74. The highest BCUT2D eigenvalue weighted by atomic mass is 16.2. The van der Waals surface area contributed by atoms with Crippen LogP contribution in [0.1, 0.15) is 59.8 Å². The van der Waals surface area contributed by atoms with Crippen LogP contribution < -0.4 is 10.6 Å². The number of rotatable bonds is 8. The lowest BCUT2D eigenvalue weighted by atomic mass is 10.1. The first kappa shape index (κ1) is 15.3. The predicted molar refractivity (Wildman–Crippen MR) is 69.6 cm³/mol. The van der Waals surface area contributed by atoms with Gasteiger partial charge in [-0.1, -0.05) is 40.0 Å². The lowest BCUT2D eigenvalue weighted by Crippen LogP contribution is -2.41. The average Bonchev–Trinajstić information content (AvgIpc) is 2.17. The van der Waals surface area contributed by atoms with E-state index in [4.69, 9.17) is 0 Å². The van der Waals surface area contributed by atoms with Crippen LogP contribution in [0, 0.1) is 5.92 Å². The van der Waals surface area contributed by atoms with Crippen LogP contribution in [-0.4, -0.2) is 18.6 Å². The van der Waals surface area contributed by atoms with Crippen molar-refractivity contribution in [1.29, 1.82) is 0 Å². The molecule has 0 bridgehead atoms. The molecule has 2 N–H and O–H groups in total. The Morgan fingerprint density at radius 2 is 1.81 bits per heavy atom. The second kappa shape index (κ2) is 9.49. The molecular formula is C13H28N2O. The molecule has 0 fully saturated rings. The molecule has 0 aromatic carbocycles. The van der Waals surface area contributed by atoms with Crippen LogP contribution in [0.2, 0.25) is 0 Å². The van der Waals surface area contributed by atoms with Gasteiger partial charge in [-0.15, -0.1) is 0 Å². The minimum Gasteiger partial charge on any atom is -0.338 e. The van der Waals surface area contributed by atoms with Crippen LogP contribution in [0.3, 0.4) is 0 Å². The summed E-state index contributed by atoms with van der Waals surface area (Å²) in [4.78, 5) is 11.4. The third kappa shape index (κ3) is 9.81. The Bertz CT molecular complexity index is 181. The Balaban J connectivity index is 3.46. The van der Waals surface area contributed by atoms with E-state index in [0.29, 0.717) is 5.92 Å². The zero-order valence-corrected chi connectivity index (χ0v) is 11.3. The van der Waals surface area contributed by atoms with E-state index in [9.17, 15) is 4.79 Å². The molecule has 0 aliphatic carbocycles. The van der Waals surface area contributed by atoms with Crippen molar-refractivity contribution in [1.82, 2.24) is 10.6 Å². The molecule has 1 unspecified atom stereocenters. The summed E-state index contributed by atoms with van der Waals surface area (Å²) >= 11 is 0. The Morgan fingerprint density at radius 3 is 2.38 bits per heavy atom. The summed E-state index contributed by atoms with van der Waals surface area (Å²) in [5.41, 5.74) is 0. The van der Waals surface area contributed by atoms with Gasteiger partial charge in [-0.05, 0) is 25.7 Å². The van der Waals surface area contributed by atoms with Crippen LogP contribution in [0.4, 0.5) is 4.79 Å². The van der Waals surface area contributed by atoms with Crippen molar-refractivity contribution in [3.63, 3.8) is 0 Å². The Labute approximate surface area is 100 Å². The van der Waals surface area contributed by atoms with Gasteiger partial charge in [-0.3, -0.25) is 0 Å². The number of unbranched alkanes of at least 4 members (excludes halogenated alkanes) is 2. The van der Waals surface area contributed by atoms with Gasteiger partial charge in [-0.25, -0.2) is 4.79 Å². The fourth-order valence-electron chi connectivity index (χ4n) is 1.52. The highest BCUT2D eigenvalue weighted by Gasteiger charge is 2.06. The van der Waals surface area contributed by atoms with Gasteiger partial charge in [0.05, 0.1) is 0 Å². The largest absolute Gasteiger partial charge is 0.338 e. The maximum atomic E-state index is 11.4. The maximum Gasteiger partial charge on any atom is 0.314 e. The molecule has 0 spiro atoms. The fourth-order valence-corrected chi connectivity index (χ4v) is 1.52. The van der Waals surface area contributed by atoms with E-state index in [-0.39, 0.29) is 12.1 Å². The van der Waals surface area contributed by atoms with Crippen LogP contribution in [-0.2, 0) is 0 Å². The van der Waals surface area contributed by atoms with Crippen molar-refractivity contribution in [2.24, 2.45) is 5.92 Å². The van der Waals surface area contributed by atoms with Crippen LogP contribution in [0.25, 0.3) is 0 Å². The molecule has 0 radical (unpaired) electrons. The summed E-state index contributed by atoms with van der Waals surface area (Å²) in [5, 5.41) is 5.85. The average molecular weight is 228 g/mol. The Kier molecular flexibility index (Phi) is 9.06. The molecule has 16 heavy (non-hydrogen) atoms. The van der Waals surface area contributed by atoms with Gasteiger partial charge in [-0.2, -0.15) is 0 Å². The summed E-state index contributed by atoms with van der Waals surface area (Å²) in [6, 6.07) is 0.259. The van der Waals surface area contributed by atoms with Crippen molar-refractivity contribution in [3.8, 4) is 0 Å². The lowest BCUT2D eigenvalue weighted by molar-refractivity contribution is 0.236. The molecular weight excluding hydrogens is 200 g/mol. The second-order valence-electron chi connectivity index (χ2n) is 4.98. The van der Waals surface area contributed by atoms with Crippen molar-refractivity contribution in [2.75, 3.05) is 6.54 Å². The maximum absolute atomic E-state index is 11.4.